The average Bonchev–Trinajstić information content (AvgIpc) is 3.41. The van der Waals surface area contributed by atoms with E-state index < -0.39 is 72.2 Å². The molecule has 3 aromatic rings. The quantitative estimate of drug-likeness (QED) is 0.306. The molecule has 0 spiro atoms. The summed E-state index contributed by atoms with van der Waals surface area (Å²) in [4.78, 5) is 70.9. The lowest BCUT2D eigenvalue weighted by molar-refractivity contribution is -0.160. The third-order valence-corrected chi connectivity index (χ3v) is 9.25. The molecule has 53 heavy (non-hydrogen) atoms. The fourth-order valence-electron chi connectivity index (χ4n) is 6.67. The minimum Gasteiger partial charge on any atom is -0.459 e. The van der Waals surface area contributed by atoms with Crippen LogP contribution in [0.5, 0.6) is 0 Å². The predicted molar refractivity (Wildman–Crippen MR) is 188 cm³/mol. The first-order valence-corrected chi connectivity index (χ1v) is 17.2. The molecule has 1 saturated heterocycles. The molecule has 0 bridgehead atoms. The first-order valence-electron chi connectivity index (χ1n) is 17.2. The summed E-state index contributed by atoms with van der Waals surface area (Å²) < 4.78 is 51.1. The average molecular weight is 737 g/mol. The highest BCUT2D eigenvalue weighted by molar-refractivity contribution is 5.95. The molecule has 282 valence electrons. The molecule has 14 heteroatoms. The van der Waals surface area contributed by atoms with Crippen molar-refractivity contribution in [1.29, 1.82) is 0 Å². The van der Waals surface area contributed by atoms with Gasteiger partial charge in [0.05, 0.1) is 12.0 Å². The highest BCUT2D eigenvalue weighted by Crippen LogP contribution is 2.44. The van der Waals surface area contributed by atoms with E-state index in [9.17, 15) is 37.1 Å². The molecular weight excluding hydrogens is 693 g/mol. The number of nitrogens with zero attached hydrogens (tertiary/aromatic N) is 3. The highest BCUT2D eigenvalue weighted by atomic mass is 19.4. The molecular formula is C39H43F3N4O7. The molecule has 11 nitrogen and oxygen atoms in total. The summed E-state index contributed by atoms with van der Waals surface area (Å²) in [5, 5.41) is 2.69. The lowest BCUT2D eigenvalue weighted by atomic mass is 9.98. The van der Waals surface area contributed by atoms with Crippen molar-refractivity contribution in [2.45, 2.75) is 63.4 Å². The Balaban J connectivity index is 1.40. The van der Waals surface area contributed by atoms with Gasteiger partial charge in [-0.2, -0.15) is 13.2 Å². The second kappa shape index (κ2) is 15.7. The van der Waals surface area contributed by atoms with E-state index in [0.29, 0.717) is 5.56 Å². The lowest BCUT2D eigenvalue weighted by Gasteiger charge is -2.39. The number of ether oxygens (including phenoxy) is 2. The maximum Gasteiger partial charge on any atom is 0.416 e. The smallest absolute Gasteiger partial charge is 0.416 e. The minimum absolute atomic E-state index is 0.0431. The molecule has 3 aromatic carbocycles. The van der Waals surface area contributed by atoms with Crippen molar-refractivity contribution in [3.8, 4) is 11.1 Å². The van der Waals surface area contributed by atoms with E-state index in [1.54, 1.807) is 20.8 Å². The van der Waals surface area contributed by atoms with Gasteiger partial charge >= 0.3 is 18.2 Å². The maximum atomic E-state index is 14.4. The molecule has 1 fully saturated rings. The predicted octanol–water partition coefficient (Wildman–Crippen LogP) is 5.01. The van der Waals surface area contributed by atoms with Crippen LogP contribution in [-0.2, 0) is 41.2 Å². The first-order chi connectivity index (χ1) is 24.9. The van der Waals surface area contributed by atoms with Crippen LogP contribution in [0.15, 0.2) is 72.8 Å². The van der Waals surface area contributed by atoms with E-state index >= 15 is 0 Å². The van der Waals surface area contributed by atoms with Gasteiger partial charge in [0.2, 0.25) is 17.7 Å². The van der Waals surface area contributed by atoms with Crippen LogP contribution in [0.2, 0.25) is 0 Å². The van der Waals surface area contributed by atoms with Gasteiger partial charge in [0.15, 0.2) is 0 Å². The van der Waals surface area contributed by atoms with Gasteiger partial charge in [-0.3, -0.25) is 24.1 Å². The maximum absolute atomic E-state index is 14.4. The molecule has 5 rings (SSSR count). The topological polar surface area (TPSA) is 126 Å². The normalized spacial score (nSPS) is 16.8. The van der Waals surface area contributed by atoms with E-state index in [1.807, 2.05) is 48.5 Å². The Morgan fingerprint density at radius 2 is 1.49 bits per heavy atom. The molecule has 1 aliphatic heterocycles. The van der Waals surface area contributed by atoms with Gasteiger partial charge in [0, 0.05) is 39.5 Å². The monoisotopic (exact) mass is 736 g/mol. The second-order valence-electron chi connectivity index (χ2n) is 14.2. The zero-order valence-corrected chi connectivity index (χ0v) is 30.2. The van der Waals surface area contributed by atoms with Gasteiger partial charge in [0.25, 0.3) is 0 Å². The zero-order chi connectivity index (χ0) is 38.7. The summed E-state index contributed by atoms with van der Waals surface area (Å²) in [7, 11) is 2.68. The molecule has 4 amide bonds. The molecule has 1 N–H and O–H groups in total. The third-order valence-electron chi connectivity index (χ3n) is 9.25. The molecule has 2 aliphatic rings. The van der Waals surface area contributed by atoms with Crippen LogP contribution in [0.3, 0.4) is 0 Å². The Morgan fingerprint density at radius 1 is 0.906 bits per heavy atom. The number of fused-ring (bicyclic) bond motifs is 3. The summed E-state index contributed by atoms with van der Waals surface area (Å²) in [5.74, 6) is -2.92. The summed E-state index contributed by atoms with van der Waals surface area (Å²) in [6.45, 7) is 4.27. The van der Waals surface area contributed by atoms with Crippen LogP contribution >= 0.6 is 0 Å². The number of halogens is 3. The first kappa shape index (κ1) is 38.8. The Morgan fingerprint density at radius 3 is 2.06 bits per heavy atom. The molecule has 0 radical (unpaired) electrons. The number of esters is 1. The molecule has 1 unspecified atom stereocenters. The summed E-state index contributed by atoms with van der Waals surface area (Å²) in [5.41, 5.74) is 2.60. The number of rotatable bonds is 9. The molecule has 1 heterocycles. The van der Waals surface area contributed by atoms with Gasteiger partial charge in [-0.05, 0) is 60.7 Å². The molecule has 0 saturated carbocycles. The number of benzene rings is 3. The van der Waals surface area contributed by atoms with Crippen LogP contribution < -0.4 is 5.32 Å². The van der Waals surface area contributed by atoms with Crippen LogP contribution in [0, 0.1) is 0 Å². The SMILES string of the molecule is CN(CC(=O)OC(C)(C)C)C(=O)[C@H](Cc1ccc(C(F)(F)F)cc1)N1CCNC(=O)CC(N(C)C(=O)OCC2c3ccccc3-c3ccccc32)C1=O. The summed E-state index contributed by atoms with van der Waals surface area (Å²) in [6, 6.07) is 17.0. The van der Waals surface area contributed by atoms with Gasteiger partial charge in [-0.25, -0.2) is 4.79 Å². The van der Waals surface area contributed by atoms with Crippen LogP contribution in [0.25, 0.3) is 11.1 Å². The van der Waals surface area contributed by atoms with E-state index in [-0.39, 0.29) is 32.0 Å². The van der Waals surface area contributed by atoms with Crippen molar-refractivity contribution >= 4 is 29.8 Å². The number of carbonyl (C=O) groups excluding carboxylic acids is 5. The molecule has 0 aromatic heterocycles. The van der Waals surface area contributed by atoms with Crippen molar-refractivity contribution in [2.75, 3.05) is 40.3 Å². The lowest BCUT2D eigenvalue weighted by Crippen LogP contribution is -2.60. The standard InChI is InChI=1S/C39H43F3N4O7/c1-38(2,3)53-34(48)22-44(4)35(49)32(20-24-14-16-25(17-15-24)39(40,41)42)46-19-18-43-33(47)21-31(36(46)50)45(5)37(51)52-23-30-28-12-8-6-10-26(28)27-11-7-9-13-29(27)30/h6-17,30-32H,18-23H2,1-5H3,(H,43,47)/t31?,32-/m0/s1. The Hall–Kier alpha value is -5.40. The van der Waals surface area contributed by atoms with Crippen molar-refractivity contribution < 1.29 is 46.6 Å². The Bertz CT molecular complexity index is 1810. The van der Waals surface area contributed by atoms with E-state index in [0.717, 1.165) is 44.2 Å². The summed E-state index contributed by atoms with van der Waals surface area (Å²) >= 11 is 0. The van der Waals surface area contributed by atoms with Gasteiger partial charge in [-0.15, -0.1) is 0 Å². The summed E-state index contributed by atoms with van der Waals surface area (Å²) in [6.07, 6.45) is -6.12. The Labute approximate surface area is 306 Å². The van der Waals surface area contributed by atoms with Crippen LogP contribution in [0.1, 0.15) is 55.4 Å². The number of hydrogen-bond donors (Lipinski definition) is 1. The number of amides is 4. The van der Waals surface area contributed by atoms with E-state index in [2.05, 4.69) is 5.32 Å². The van der Waals surface area contributed by atoms with E-state index in [4.69, 9.17) is 9.47 Å². The fraction of sp³-hybridized carbons (Fsp3) is 0.410. The number of alkyl halides is 3. The minimum atomic E-state index is -4.59. The van der Waals surface area contributed by atoms with Crippen LogP contribution in [-0.4, -0.2) is 103 Å². The van der Waals surface area contributed by atoms with Crippen molar-refractivity contribution in [1.82, 2.24) is 20.0 Å². The van der Waals surface area contributed by atoms with Crippen molar-refractivity contribution in [3.63, 3.8) is 0 Å². The van der Waals surface area contributed by atoms with Crippen molar-refractivity contribution in [3.05, 3.63) is 95.1 Å². The van der Waals surface area contributed by atoms with Gasteiger partial charge in [-0.1, -0.05) is 60.7 Å². The molecule has 1 aliphatic carbocycles. The second-order valence-corrected chi connectivity index (χ2v) is 14.2. The largest absolute Gasteiger partial charge is 0.459 e. The Kier molecular flexibility index (Phi) is 11.5. The van der Waals surface area contributed by atoms with E-state index in [1.165, 1.54) is 31.1 Å². The van der Waals surface area contributed by atoms with Crippen LogP contribution in [0.4, 0.5) is 18.0 Å². The third kappa shape index (κ3) is 9.16. The van der Waals surface area contributed by atoms with Crippen molar-refractivity contribution in [2.24, 2.45) is 0 Å². The fourth-order valence-corrected chi connectivity index (χ4v) is 6.67. The highest BCUT2D eigenvalue weighted by Gasteiger charge is 2.41. The van der Waals surface area contributed by atoms with Gasteiger partial charge < -0.3 is 24.6 Å². The number of likely N-dealkylation sites (N-methyl/N-ethyl adjacent to an activating group) is 2. The number of nitrogens with one attached hydrogen (secondary N) is 1. The number of carbonyl (C=O) groups is 5. The van der Waals surface area contributed by atoms with Gasteiger partial charge in [0.1, 0.15) is 30.8 Å². The number of hydrogen-bond acceptors (Lipinski definition) is 7. The zero-order valence-electron chi connectivity index (χ0n) is 30.2. The molecule has 2 atom stereocenters.